The number of aromatic nitrogens is 3. The number of carbonyl (C=O) groups is 1. The van der Waals surface area contributed by atoms with Crippen LogP contribution in [0.1, 0.15) is 11.3 Å². The van der Waals surface area contributed by atoms with E-state index < -0.39 is 12.2 Å². The Morgan fingerprint density at radius 1 is 1.12 bits per heavy atom. The predicted molar refractivity (Wildman–Crippen MR) is 164 cm³/mol. The summed E-state index contributed by atoms with van der Waals surface area (Å²) in [5.41, 5.74) is 6.83. The normalized spacial score (nSPS) is 16.5. The molecule has 4 aromatic rings. The quantitative estimate of drug-likeness (QED) is 0.232. The van der Waals surface area contributed by atoms with Gasteiger partial charge >= 0.3 is 0 Å². The van der Waals surface area contributed by atoms with Crippen molar-refractivity contribution in [2.24, 2.45) is 0 Å². The first-order valence-electron chi connectivity index (χ1n) is 13.7. The van der Waals surface area contributed by atoms with Crippen LogP contribution < -0.4 is 15.5 Å². The van der Waals surface area contributed by atoms with Crippen LogP contribution in [0.2, 0.25) is 0 Å². The number of anilines is 4. The van der Waals surface area contributed by atoms with Gasteiger partial charge in [-0.1, -0.05) is 24.8 Å². The van der Waals surface area contributed by atoms with E-state index in [9.17, 15) is 15.0 Å². The zero-order valence-electron chi connectivity index (χ0n) is 23.9. The largest absolute Gasteiger partial charge is 0.390 e. The van der Waals surface area contributed by atoms with Gasteiger partial charge in [0.15, 0.2) is 0 Å². The second-order valence-electron chi connectivity index (χ2n) is 10.8. The summed E-state index contributed by atoms with van der Waals surface area (Å²) in [6, 6.07) is 13.8. The van der Waals surface area contributed by atoms with Gasteiger partial charge in [0.25, 0.3) is 0 Å². The Kier molecular flexibility index (Phi) is 8.07. The lowest BCUT2D eigenvalue weighted by molar-refractivity contribution is -0.111. The molecule has 0 aliphatic carbocycles. The third kappa shape index (κ3) is 5.81. The zero-order valence-corrected chi connectivity index (χ0v) is 23.9. The number of aliphatic hydroxyl groups excluding tert-OH is 2. The number of hydrogen-bond acceptors (Lipinski definition) is 8. The lowest BCUT2D eigenvalue weighted by Crippen LogP contribution is -2.37. The van der Waals surface area contributed by atoms with Gasteiger partial charge in [-0.25, -0.2) is 9.97 Å². The summed E-state index contributed by atoms with van der Waals surface area (Å²) < 4.78 is 2.07. The lowest BCUT2D eigenvalue weighted by atomic mass is 9.99. The van der Waals surface area contributed by atoms with Gasteiger partial charge < -0.3 is 35.2 Å². The smallest absolute Gasteiger partial charge is 0.247 e. The topological polar surface area (TPSA) is 119 Å². The van der Waals surface area contributed by atoms with Crippen molar-refractivity contribution in [3.63, 3.8) is 0 Å². The van der Waals surface area contributed by atoms with E-state index >= 15 is 0 Å². The number of aliphatic hydroxyl groups is 2. The summed E-state index contributed by atoms with van der Waals surface area (Å²) >= 11 is 0. The van der Waals surface area contributed by atoms with E-state index in [4.69, 9.17) is 4.98 Å². The van der Waals surface area contributed by atoms with Gasteiger partial charge in [-0.2, -0.15) is 0 Å². The van der Waals surface area contributed by atoms with Crippen LogP contribution in [0.4, 0.5) is 23.0 Å². The molecule has 41 heavy (non-hydrogen) atoms. The highest BCUT2D eigenvalue weighted by Gasteiger charge is 2.30. The van der Waals surface area contributed by atoms with Crippen molar-refractivity contribution in [2.45, 2.75) is 32.1 Å². The van der Waals surface area contributed by atoms with Crippen LogP contribution >= 0.6 is 0 Å². The minimum absolute atomic E-state index is 0.294. The summed E-state index contributed by atoms with van der Waals surface area (Å²) in [5.74, 6) is 0.110. The van der Waals surface area contributed by atoms with Crippen LogP contribution in [-0.4, -0.2) is 82.0 Å². The minimum atomic E-state index is -0.841. The van der Waals surface area contributed by atoms with Crippen LogP contribution in [-0.2, 0) is 17.8 Å². The van der Waals surface area contributed by atoms with Crippen LogP contribution in [0.15, 0.2) is 61.3 Å². The molecule has 2 aromatic heterocycles. The molecule has 214 valence electrons. The molecule has 1 aliphatic heterocycles. The molecule has 10 heteroatoms. The number of nitrogens with zero attached hydrogens (tertiary/aromatic N) is 5. The van der Waals surface area contributed by atoms with Crippen molar-refractivity contribution in [3.8, 4) is 11.3 Å². The maximum Gasteiger partial charge on any atom is 0.247 e. The van der Waals surface area contributed by atoms with Crippen molar-refractivity contribution in [1.29, 1.82) is 0 Å². The summed E-state index contributed by atoms with van der Waals surface area (Å²) in [4.78, 5) is 25.9. The Labute approximate surface area is 240 Å². The third-order valence-corrected chi connectivity index (χ3v) is 7.53. The molecule has 0 saturated carbocycles. The fourth-order valence-corrected chi connectivity index (χ4v) is 5.28. The maximum atomic E-state index is 12.3. The van der Waals surface area contributed by atoms with E-state index in [2.05, 4.69) is 36.6 Å². The monoisotopic (exact) mass is 555 g/mol. The second-order valence-corrected chi connectivity index (χ2v) is 10.8. The zero-order chi connectivity index (χ0) is 29.3. The van der Waals surface area contributed by atoms with Crippen molar-refractivity contribution < 1.29 is 15.0 Å². The first-order chi connectivity index (χ1) is 19.7. The number of benzene rings is 2. The first-order valence-corrected chi connectivity index (χ1v) is 13.7. The molecule has 0 fully saturated rings. The van der Waals surface area contributed by atoms with Gasteiger partial charge in [0.1, 0.15) is 0 Å². The molecule has 10 nitrogen and oxygen atoms in total. The van der Waals surface area contributed by atoms with Gasteiger partial charge in [-0.05, 0) is 56.9 Å². The average Bonchev–Trinajstić information content (AvgIpc) is 3.26. The molecule has 2 atom stereocenters. The van der Waals surface area contributed by atoms with Crippen molar-refractivity contribution in [2.75, 3.05) is 49.8 Å². The second kappa shape index (κ2) is 11.7. The van der Waals surface area contributed by atoms with Crippen molar-refractivity contribution >= 4 is 39.8 Å². The molecule has 5 rings (SSSR count). The third-order valence-electron chi connectivity index (χ3n) is 7.53. The molecule has 2 unspecified atom stereocenters. The highest BCUT2D eigenvalue weighted by molar-refractivity contribution is 6.02. The summed E-state index contributed by atoms with van der Waals surface area (Å²) in [5, 5.41) is 28.1. The van der Waals surface area contributed by atoms with Gasteiger partial charge in [0.2, 0.25) is 11.9 Å². The van der Waals surface area contributed by atoms with E-state index in [-0.39, 0.29) is 5.91 Å². The van der Waals surface area contributed by atoms with E-state index in [0.717, 1.165) is 52.2 Å². The number of para-hydroxylation sites is 1. The Morgan fingerprint density at radius 3 is 2.66 bits per heavy atom. The summed E-state index contributed by atoms with van der Waals surface area (Å²) in [7, 11) is 6.05. The number of rotatable bonds is 9. The van der Waals surface area contributed by atoms with Gasteiger partial charge in [0.05, 0.1) is 35.8 Å². The number of aryl methyl sites for hydroxylation is 1. The van der Waals surface area contributed by atoms with Crippen LogP contribution in [0.25, 0.3) is 22.2 Å². The standard InChI is InChI=1S/C31H37N7O3/c1-6-29(41)33-23-16-22(19(2)15-25(23)37(5)14-13-36(3)4)35-31-32-12-11-21(34-31)30-20-9-7-8-10-24(20)38-18-28(40)27(39)17-26(30)38/h6-12,15-16,27-28,39-40H,1,13-14,17-18H2,2-5H3,(H,33,41)(H,32,34,35). The Hall–Kier alpha value is -4.25. The molecule has 0 spiro atoms. The van der Waals surface area contributed by atoms with Crippen LogP contribution in [0, 0.1) is 6.92 Å². The van der Waals surface area contributed by atoms with Gasteiger partial charge in [-0.15, -0.1) is 0 Å². The molecule has 2 aromatic carbocycles. The molecular formula is C31H37N7O3. The highest BCUT2D eigenvalue weighted by atomic mass is 16.3. The highest BCUT2D eigenvalue weighted by Crippen LogP contribution is 2.38. The molecule has 0 saturated heterocycles. The Bertz CT molecular complexity index is 1600. The maximum absolute atomic E-state index is 12.3. The molecular weight excluding hydrogens is 518 g/mol. The molecule has 1 amide bonds. The Morgan fingerprint density at radius 2 is 1.90 bits per heavy atom. The average molecular weight is 556 g/mol. The van der Waals surface area contributed by atoms with E-state index in [1.54, 1.807) is 6.20 Å². The number of hydrogen-bond donors (Lipinski definition) is 4. The number of fused-ring (bicyclic) bond motifs is 3. The number of carbonyl (C=O) groups excluding carboxylic acids is 1. The number of likely N-dealkylation sites (N-methyl/N-ethyl adjacent to an activating group) is 2. The van der Waals surface area contributed by atoms with Gasteiger partial charge in [0, 0.05) is 60.6 Å². The SMILES string of the molecule is C=CC(=O)Nc1cc(Nc2nccc(-c3c4n(c5ccccc35)CC(O)C(O)C4)n2)c(C)cc1N(C)CCN(C)C. The first kappa shape index (κ1) is 28.3. The lowest BCUT2D eigenvalue weighted by Gasteiger charge is -2.27. The molecule has 1 aliphatic rings. The van der Waals surface area contributed by atoms with Crippen molar-refractivity contribution in [3.05, 3.63) is 72.6 Å². The fourth-order valence-electron chi connectivity index (χ4n) is 5.28. The molecule has 3 heterocycles. The van der Waals surface area contributed by atoms with E-state index in [0.29, 0.717) is 30.3 Å². The summed E-state index contributed by atoms with van der Waals surface area (Å²) in [6.07, 6.45) is 1.62. The minimum Gasteiger partial charge on any atom is -0.390 e. The number of nitrogens with one attached hydrogen (secondary N) is 2. The predicted octanol–water partition coefficient (Wildman–Crippen LogP) is 3.55. The Balaban J connectivity index is 1.52. The molecule has 0 radical (unpaired) electrons. The van der Waals surface area contributed by atoms with Crippen molar-refractivity contribution in [1.82, 2.24) is 19.4 Å². The van der Waals surface area contributed by atoms with Crippen LogP contribution in [0.5, 0.6) is 0 Å². The van der Waals surface area contributed by atoms with E-state index in [1.807, 2.05) is 70.5 Å². The van der Waals surface area contributed by atoms with Gasteiger partial charge in [-0.3, -0.25) is 4.79 Å². The molecule has 0 bridgehead atoms. The van der Waals surface area contributed by atoms with E-state index in [1.165, 1.54) is 6.08 Å². The van der Waals surface area contributed by atoms with Crippen LogP contribution in [0.3, 0.4) is 0 Å². The summed E-state index contributed by atoms with van der Waals surface area (Å²) in [6.45, 7) is 7.55. The fraction of sp³-hybridized carbons (Fsp3) is 0.323. The number of amides is 1. The molecule has 4 N–H and O–H groups in total.